The molecule has 0 spiro atoms. The van der Waals surface area contributed by atoms with Gasteiger partial charge in [-0.05, 0) is 32.9 Å². The molecule has 1 fully saturated rings. The number of rotatable bonds is 8. The number of nitrogens with one attached hydrogen (secondary N) is 1. The maximum absolute atomic E-state index is 11.6. The molecule has 1 aromatic carbocycles. The van der Waals surface area contributed by atoms with E-state index in [4.69, 9.17) is 4.74 Å². The zero-order chi connectivity index (χ0) is 19.9. The Hall–Kier alpha value is -2.19. The predicted molar refractivity (Wildman–Crippen MR) is 105 cm³/mol. The molecule has 27 heavy (non-hydrogen) atoms. The zero-order valence-electron chi connectivity index (χ0n) is 16.4. The fraction of sp³-hybridized carbons (Fsp3) is 0.632. The average molecular weight is 378 g/mol. The number of nitrogens with zero attached hydrogens (tertiary/aromatic N) is 3. The Labute approximate surface area is 160 Å². The average Bonchev–Trinajstić information content (AvgIpc) is 2.60. The van der Waals surface area contributed by atoms with Crippen LogP contribution in [0.1, 0.15) is 27.2 Å². The van der Waals surface area contributed by atoms with Crippen LogP contribution >= 0.6 is 0 Å². The van der Waals surface area contributed by atoms with Crippen LogP contribution in [0.15, 0.2) is 24.3 Å². The normalized spacial score (nSPS) is 15.6. The molecule has 1 N–H and O–H groups in total. The lowest BCUT2D eigenvalue weighted by Gasteiger charge is -2.36. The number of ether oxygens (including phenoxy) is 1. The lowest BCUT2D eigenvalue weighted by Crippen LogP contribution is -2.48. The molecule has 0 aliphatic carbocycles. The first kappa shape index (κ1) is 21.1. The largest absolute Gasteiger partial charge is 0.460 e. The number of benzene rings is 1. The van der Waals surface area contributed by atoms with Crippen molar-refractivity contribution in [3.63, 3.8) is 0 Å². The number of nitro benzene ring substituents is 1. The van der Waals surface area contributed by atoms with Gasteiger partial charge in [0.2, 0.25) is 0 Å². The van der Waals surface area contributed by atoms with Crippen molar-refractivity contribution in [1.82, 2.24) is 10.2 Å². The van der Waals surface area contributed by atoms with Crippen molar-refractivity contribution in [2.45, 2.75) is 32.8 Å². The Morgan fingerprint density at radius 3 is 2.33 bits per heavy atom. The van der Waals surface area contributed by atoms with E-state index in [-0.39, 0.29) is 16.6 Å². The highest BCUT2D eigenvalue weighted by atomic mass is 16.6. The first-order valence-electron chi connectivity index (χ1n) is 9.39. The van der Waals surface area contributed by atoms with Gasteiger partial charge in [-0.1, -0.05) is 0 Å². The minimum atomic E-state index is -0.430. The van der Waals surface area contributed by atoms with E-state index in [0.29, 0.717) is 13.0 Å². The Balaban J connectivity index is 1.61. The molecule has 0 saturated carbocycles. The maximum atomic E-state index is 11.6. The molecule has 0 atom stereocenters. The molecule has 150 valence electrons. The number of hydrogen-bond donors (Lipinski definition) is 1. The third kappa shape index (κ3) is 7.52. The summed E-state index contributed by atoms with van der Waals surface area (Å²) < 4.78 is 5.28. The second-order valence-corrected chi connectivity index (χ2v) is 7.69. The van der Waals surface area contributed by atoms with Crippen LogP contribution in [0.5, 0.6) is 0 Å². The van der Waals surface area contributed by atoms with Crippen molar-refractivity contribution in [1.29, 1.82) is 0 Å². The van der Waals surface area contributed by atoms with Crippen molar-refractivity contribution < 1.29 is 14.5 Å². The Bertz CT molecular complexity index is 620. The van der Waals surface area contributed by atoms with Gasteiger partial charge in [-0.25, -0.2) is 0 Å². The summed E-state index contributed by atoms with van der Waals surface area (Å²) in [5, 5.41) is 14.0. The van der Waals surface area contributed by atoms with Crippen LogP contribution < -0.4 is 10.2 Å². The first-order valence-corrected chi connectivity index (χ1v) is 9.39. The van der Waals surface area contributed by atoms with E-state index in [9.17, 15) is 14.9 Å². The Kier molecular flexibility index (Phi) is 7.55. The molecule has 8 nitrogen and oxygen atoms in total. The van der Waals surface area contributed by atoms with Gasteiger partial charge >= 0.3 is 5.97 Å². The van der Waals surface area contributed by atoms with Gasteiger partial charge in [0.1, 0.15) is 5.60 Å². The van der Waals surface area contributed by atoms with Crippen molar-refractivity contribution >= 4 is 17.3 Å². The highest BCUT2D eigenvalue weighted by Gasteiger charge is 2.18. The van der Waals surface area contributed by atoms with E-state index in [1.165, 1.54) is 0 Å². The second kappa shape index (κ2) is 9.66. The molecule has 0 aromatic heterocycles. The van der Waals surface area contributed by atoms with Crippen molar-refractivity contribution in [3.8, 4) is 0 Å². The van der Waals surface area contributed by atoms with Crippen LogP contribution in [0.4, 0.5) is 11.4 Å². The Morgan fingerprint density at radius 1 is 1.15 bits per heavy atom. The molecule has 1 heterocycles. The van der Waals surface area contributed by atoms with Gasteiger partial charge in [0, 0.05) is 63.6 Å². The standard InChI is InChI=1S/C19H30N4O4/c1-19(2,3)27-18(24)8-9-20-10-11-21-12-14-22(15-13-21)16-4-6-17(7-5-16)23(25)26/h4-7,20H,8-15H2,1-3H3. The molecular weight excluding hydrogens is 348 g/mol. The highest BCUT2D eigenvalue weighted by molar-refractivity contribution is 5.70. The van der Waals surface area contributed by atoms with Crippen molar-refractivity contribution in [3.05, 3.63) is 34.4 Å². The molecule has 0 amide bonds. The first-order chi connectivity index (χ1) is 12.7. The summed E-state index contributed by atoms with van der Waals surface area (Å²) in [6.45, 7) is 11.7. The van der Waals surface area contributed by atoms with Crippen molar-refractivity contribution in [2.24, 2.45) is 0 Å². The van der Waals surface area contributed by atoms with Crippen LogP contribution in [0.3, 0.4) is 0 Å². The van der Waals surface area contributed by atoms with E-state index >= 15 is 0 Å². The lowest BCUT2D eigenvalue weighted by atomic mass is 10.2. The molecule has 0 radical (unpaired) electrons. The molecule has 8 heteroatoms. The van der Waals surface area contributed by atoms with E-state index in [0.717, 1.165) is 45.0 Å². The van der Waals surface area contributed by atoms with E-state index in [1.807, 2.05) is 32.9 Å². The van der Waals surface area contributed by atoms with Crippen LogP contribution in [-0.2, 0) is 9.53 Å². The number of piperazine rings is 1. The predicted octanol–water partition coefficient (Wildman–Crippen LogP) is 2.04. The van der Waals surface area contributed by atoms with Gasteiger partial charge in [-0.2, -0.15) is 0 Å². The van der Waals surface area contributed by atoms with E-state index in [2.05, 4.69) is 15.1 Å². The summed E-state index contributed by atoms with van der Waals surface area (Å²) in [4.78, 5) is 26.6. The summed E-state index contributed by atoms with van der Waals surface area (Å²) in [6.07, 6.45) is 0.380. The highest BCUT2D eigenvalue weighted by Crippen LogP contribution is 2.20. The van der Waals surface area contributed by atoms with Gasteiger partial charge in [-0.3, -0.25) is 19.8 Å². The topological polar surface area (TPSA) is 88.0 Å². The Morgan fingerprint density at radius 2 is 1.78 bits per heavy atom. The molecule has 0 unspecified atom stereocenters. The fourth-order valence-corrected chi connectivity index (χ4v) is 2.96. The molecule has 1 aromatic rings. The van der Waals surface area contributed by atoms with Crippen LogP contribution in [0.2, 0.25) is 0 Å². The summed E-state index contributed by atoms with van der Waals surface area (Å²) >= 11 is 0. The van der Waals surface area contributed by atoms with Gasteiger partial charge in [0.15, 0.2) is 0 Å². The SMILES string of the molecule is CC(C)(C)OC(=O)CCNCCN1CCN(c2ccc([N+](=O)[O-])cc2)CC1. The molecule has 1 saturated heterocycles. The molecular formula is C19H30N4O4. The summed E-state index contributed by atoms with van der Waals surface area (Å²) in [7, 11) is 0. The number of carbonyl (C=O) groups excluding carboxylic acids is 1. The monoisotopic (exact) mass is 378 g/mol. The summed E-state index contributed by atoms with van der Waals surface area (Å²) in [5.74, 6) is -0.174. The quantitative estimate of drug-likeness (QED) is 0.320. The molecule has 1 aliphatic heterocycles. The number of hydrogen-bond acceptors (Lipinski definition) is 7. The minimum Gasteiger partial charge on any atom is -0.460 e. The molecule has 0 bridgehead atoms. The number of anilines is 1. The van der Waals surface area contributed by atoms with Crippen LogP contribution in [0.25, 0.3) is 0 Å². The smallest absolute Gasteiger partial charge is 0.307 e. The third-order valence-electron chi connectivity index (χ3n) is 4.33. The summed E-state index contributed by atoms with van der Waals surface area (Å²) in [6, 6.07) is 6.73. The van der Waals surface area contributed by atoms with Crippen LogP contribution in [-0.4, -0.2) is 67.2 Å². The summed E-state index contributed by atoms with van der Waals surface area (Å²) in [5.41, 5.74) is 0.714. The maximum Gasteiger partial charge on any atom is 0.307 e. The van der Waals surface area contributed by atoms with Gasteiger partial charge in [0.25, 0.3) is 5.69 Å². The van der Waals surface area contributed by atoms with Gasteiger partial charge in [-0.15, -0.1) is 0 Å². The van der Waals surface area contributed by atoms with E-state index < -0.39 is 5.60 Å². The van der Waals surface area contributed by atoms with Gasteiger partial charge in [0.05, 0.1) is 11.3 Å². The van der Waals surface area contributed by atoms with Gasteiger partial charge < -0.3 is 15.0 Å². The number of non-ortho nitro benzene ring substituents is 1. The number of carbonyl (C=O) groups is 1. The third-order valence-corrected chi connectivity index (χ3v) is 4.33. The molecule has 1 aliphatic rings. The van der Waals surface area contributed by atoms with Crippen LogP contribution in [0, 0.1) is 10.1 Å². The van der Waals surface area contributed by atoms with E-state index in [1.54, 1.807) is 12.1 Å². The lowest BCUT2D eigenvalue weighted by molar-refractivity contribution is -0.384. The minimum absolute atomic E-state index is 0.120. The zero-order valence-corrected chi connectivity index (χ0v) is 16.4. The van der Waals surface area contributed by atoms with Crippen molar-refractivity contribution in [2.75, 3.05) is 50.7 Å². The number of esters is 1. The second-order valence-electron chi connectivity index (χ2n) is 7.69. The fourth-order valence-electron chi connectivity index (χ4n) is 2.96. The molecule has 2 rings (SSSR count). The number of nitro groups is 1.